The van der Waals surface area contributed by atoms with Crippen LogP contribution in [0.1, 0.15) is 27.7 Å². The van der Waals surface area contributed by atoms with Gasteiger partial charge in [0.05, 0.1) is 13.2 Å². The van der Waals surface area contributed by atoms with Gasteiger partial charge in [-0.05, 0) is 12.3 Å². The number of carbonyl (C=O) groups excluding carboxylic acids is 1. The van der Waals surface area contributed by atoms with Crippen LogP contribution >= 0.6 is 0 Å². The monoisotopic (exact) mass is 255 g/mol. The Bertz CT molecular complexity index is 368. The minimum atomic E-state index is -1.02. The average molecular weight is 255 g/mol. The van der Waals surface area contributed by atoms with Crippen LogP contribution in [0.5, 0.6) is 0 Å². The molecule has 5 nitrogen and oxygen atoms in total. The van der Waals surface area contributed by atoms with Gasteiger partial charge < -0.3 is 14.7 Å². The summed E-state index contributed by atoms with van der Waals surface area (Å²) in [6.45, 7) is 8.69. The summed E-state index contributed by atoms with van der Waals surface area (Å²) in [4.78, 5) is 24.5. The quantitative estimate of drug-likeness (QED) is 0.755. The fourth-order valence-electron chi connectivity index (χ4n) is 1.56. The van der Waals surface area contributed by atoms with E-state index in [1.165, 1.54) is 11.0 Å². The summed E-state index contributed by atoms with van der Waals surface area (Å²) >= 11 is 0. The number of carboxylic acids is 1. The van der Waals surface area contributed by atoms with E-state index < -0.39 is 12.0 Å². The molecule has 5 heteroatoms. The van der Waals surface area contributed by atoms with E-state index in [0.29, 0.717) is 13.2 Å². The number of morpholine rings is 1. The van der Waals surface area contributed by atoms with Crippen molar-refractivity contribution in [2.45, 2.75) is 33.7 Å². The fraction of sp³-hybridized carbons (Fsp3) is 0.692. The van der Waals surface area contributed by atoms with Gasteiger partial charge in [-0.3, -0.25) is 4.79 Å². The van der Waals surface area contributed by atoms with Gasteiger partial charge in [-0.1, -0.05) is 26.3 Å². The molecular formula is C13H21NO4. The Morgan fingerprint density at radius 1 is 1.39 bits per heavy atom. The van der Waals surface area contributed by atoms with Crippen molar-refractivity contribution in [1.82, 2.24) is 4.90 Å². The van der Waals surface area contributed by atoms with Crippen LogP contribution in [-0.4, -0.2) is 47.7 Å². The molecule has 0 radical (unpaired) electrons. The summed E-state index contributed by atoms with van der Waals surface area (Å²) < 4.78 is 5.10. The fourth-order valence-corrected chi connectivity index (χ4v) is 1.56. The lowest BCUT2D eigenvalue weighted by atomic mass is 9.87. The first kappa shape index (κ1) is 14.7. The highest BCUT2D eigenvalue weighted by Gasteiger charge is 2.32. The lowest BCUT2D eigenvalue weighted by Crippen LogP contribution is -2.52. The van der Waals surface area contributed by atoms with Crippen LogP contribution in [-0.2, 0) is 14.3 Å². The molecular weight excluding hydrogens is 234 g/mol. The molecule has 1 rings (SSSR count). The largest absolute Gasteiger partial charge is 0.480 e. The standard InChI is InChI=1S/C13H21NO4/c1-9(13(2,3)4)7-11(15)14-5-6-18-8-10(14)12(16)17/h7,10H,5-6,8H2,1-4H3,(H,16,17)/b9-7+. The van der Waals surface area contributed by atoms with E-state index in [2.05, 4.69) is 0 Å². The highest BCUT2D eigenvalue weighted by atomic mass is 16.5. The van der Waals surface area contributed by atoms with E-state index in [-0.39, 0.29) is 17.9 Å². The Hall–Kier alpha value is -1.36. The molecule has 0 bridgehead atoms. The normalized spacial score (nSPS) is 21.9. The van der Waals surface area contributed by atoms with Crippen molar-refractivity contribution in [2.24, 2.45) is 5.41 Å². The van der Waals surface area contributed by atoms with E-state index in [4.69, 9.17) is 9.84 Å². The Morgan fingerprint density at radius 2 is 2.00 bits per heavy atom. The lowest BCUT2D eigenvalue weighted by Gasteiger charge is -2.32. The first-order chi connectivity index (χ1) is 8.23. The molecule has 1 aliphatic heterocycles. The molecule has 1 unspecified atom stereocenters. The summed E-state index contributed by atoms with van der Waals surface area (Å²) in [5.41, 5.74) is 0.837. The van der Waals surface area contributed by atoms with Crippen molar-refractivity contribution >= 4 is 11.9 Å². The second-order valence-electron chi connectivity index (χ2n) is 5.54. The zero-order valence-electron chi connectivity index (χ0n) is 11.4. The summed E-state index contributed by atoms with van der Waals surface area (Å²) in [6, 6.07) is -0.879. The molecule has 0 aromatic carbocycles. The van der Waals surface area contributed by atoms with Gasteiger partial charge in [0.1, 0.15) is 0 Å². The number of aliphatic carboxylic acids is 1. The van der Waals surface area contributed by atoms with Crippen LogP contribution < -0.4 is 0 Å². The molecule has 1 heterocycles. The zero-order valence-corrected chi connectivity index (χ0v) is 11.4. The van der Waals surface area contributed by atoms with Crippen molar-refractivity contribution < 1.29 is 19.4 Å². The van der Waals surface area contributed by atoms with Gasteiger partial charge in [0.2, 0.25) is 5.91 Å². The molecule has 0 spiro atoms. The lowest BCUT2D eigenvalue weighted by molar-refractivity contribution is -0.156. The zero-order chi connectivity index (χ0) is 13.9. The van der Waals surface area contributed by atoms with Gasteiger partial charge in [-0.2, -0.15) is 0 Å². The Morgan fingerprint density at radius 3 is 2.50 bits per heavy atom. The second kappa shape index (κ2) is 5.52. The molecule has 1 N–H and O–H groups in total. The summed E-state index contributed by atoms with van der Waals surface area (Å²) in [5, 5.41) is 9.06. The minimum absolute atomic E-state index is 0.0590. The molecule has 102 valence electrons. The van der Waals surface area contributed by atoms with E-state index in [1.54, 1.807) is 0 Å². The molecule has 1 aliphatic rings. The number of nitrogens with zero attached hydrogens (tertiary/aromatic N) is 1. The van der Waals surface area contributed by atoms with Crippen molar-refractivity contribution in [3.8, 4) is 0 Å². The number of ether oxygens (including phenoxy) is 1. The Balaban J connectivity index is 2.85. The van der Waals surface area contributed by atoms with Crippen molar-refractivity contribution in [2.75, 3.05) is 19.8 Å². The van der Waals surface area contributed by atoms with Crippen LogP contribution in [0.4, 0.5) is 0 Å². The molecule has 1 saturated heterocycles. The second-order valence-corrected chi connectivity index (χ2v) is 5.54. The van der Waals surface area contributed by atoms with E-state index in [0.717, 1.165) is 5.57 Å². The third-order valence-corrected chi connectivity index (χ3v) is 3.22. The molecule has 0 aromatic rings. The van der Waals surface area contributed by atoms with Crippen LogP contribution in [0.3, 0.4) is 0 Å². The predicted octanol–water partition coefficient (Wildman–Crippen LogP) is 1.29. The SMILES string of the molecule is C/C(=C\C(=O)N1CCOCC1C(=O)O)C(C)(C)C. The van der Waals surface area contributed by atoms with Gasteiger partial charge in [0.15, 0.2) is 6.04 Å². The third-order valence-electron chi connectivity index (χ3n) is 3.22. The van der Waals surface area contributed by atoms with Gasteiger partial charge in [-0.15, -0.1) is 0 Å². The number of amides is 1. The molecule has 1 atom stereocenters. The average Bonchev–Trinajstić information content (AvgIpc) is 2.27. The smallest absolute Gasteiger partial charge is 0.328 e. The molecule has 0 aromatic heterocycles. The summed E-state index contributed by atoms with van der Waals surface area (Å²) in [6.07, 6.45) is 1.53. The number of hydrogen-bond acceptors (Lipinski definition) is 3. The Kier molecular flexibility index (Phi) is 4.51. The molecule has 18 heavy (non-hydrogen) atoms. The van der Waals surface area contributed by atoms with Gasteiger partial charge in [-0.25, -0.2) is 4.79 Å². The van der Waals surface area contributed by atoms with E-state index >= 15 is 0 Å². The first-order valence-electron chi connectivity index (χ1n) is 6.03. The summed E-state index contributed by atoms with van der Waals surface area (Å²) in [5.74, 6) is -1.28. The van der Waals surface area contributed by atoms with Gasteiger partial charge in [0.25, 0.3) is 0 Å². The molecule has 1 amide bonds. The number of carbonyl (C=O) groups is 2. The van der Waals surface area contributed by atoms with Crippen molar-refractivity contribution in [3.05, 3.63) is 11.6 Å². The molecule has 0 aliphatic carbocycles. The molecule has 0 saturated carbocycles. The maximum Gasteiger partial charge on any atom is 0.328 e. The maximum atomic E-state index is 12.1. The topological polar surface area (TPSA) is 66.8 Å². The van der Waals surface area contributed by atoms with Crippen LogP contribution in [0.2, 0.25) is 0 Å². The third kappa shape index (κ3) is 3.57. The van der Waals surface area contributed by atoms with Crippen LogP contribution in [0, 0.1) is 5.41 Å². The maximum absolute atomic E-state index is 12.1. The summed E-state index contributed by atoms with van der Waals surface area (Å²) in [7, 11) is 0. The highest BCUT2D eigenvalue weighted by Crippen LogP contribution is 2.24. The van der Waals surface area contributed by atoms with Crippen LogP contribution in [0.15, 0.2) is 11.6 Å². The van der Waals surface area contributed by atoms with E-state index in [9.17, 15) is 9.59 Å². The molecule has 1 fully saturated rings. The highest BCUT2D eigenvalue weighted by molar-refractivity contribution is 5.92. The van der Waals surface area contributed by atoms with E-state index in [1.807, 2.05) is 27.7 Å². The number of rotatable bonds is 2. The first-order valence-corrected chi connectivity index (χ1v) is 6.03. The number of hydrogen-bond donors (Lipinski definition) is 1. The number of allylic oxidation sites excluding steroid dienone is 1. The van der Waals surface area contributed by atoms with Gasteiger partial charge in [0, 0.05) is 12.6 Å². The predicted molar refractivity (Wildman–Crippen MR) is 67.2 cm³/mol. The van der Waals surface area contributed by atoms with Crippen molar-refractivity contribution in [1.29, 1.82) is 0 Å². The number of carboxylic acid groups (broad SMARTS) is 1. The Labute approximate surface area is 107 Å². The van der Waals surface area contributed by atoms with Crippen molar-refractivity contribution in [3.63, 3.8) is 0 Å². The van der Waals surface area contributed by atoms with Gasteiger partial charge >= 0.3 is 5.97 Å². The van der Waals surface area contributed by atoms with Crippen LogP contribution in [0.25, 0.3) is 0 Å². The minimum Gasteiger partial charge on any atom is -0.480 e.